The van der Waals surface area contributed by atoms with Crippen molar-refractivity contribution in [3.8, 4) is 11.1 Å². The molecule has 1 heterocycles. The number of nitrogens with zero attached hydrogens (tertiary/aromatic N) is 1. The second-order valence-electron chi connectivity index (χ2n) is 5.38. The number of alkyl halides is 3. The summed E-state index contributed by atoms with van der Waals surface area (Å²) in [5.74, 6) is -0.724. The molecule has 0 radical (unpaired) electrons. The van der Waals surface area contributed by atoms with Crippen molar-refractivity contribution < 1.29 is 18.0 Å². The van der Waals surface area contributed by atoms with E-state index < -0.39 is 11.4 Å². The highest BCUT2D eigenvalue weighted by Gasteiger charge is 2.31. The monoisotopic (exact) mass is 362 g/mol. The summed E-state index contributed by atoms with van der Waals surface area (Å²) in [4.78, 5) is 16.3. The number of benzene rings is 2. The number of nitrogens with two attached hydrogens (primary N) is 1. The minimum absolute atomic E-state index is 0.0150. The molecule has 25 heavy (non-hydrogen) atoms. The van der Waals surface area contributed by atoms with E-state index in [1.165, 1.54) is 12.1 Å². The van der Waals surface area contributed by atoms with Gasteiger partial charge in [-0.25, -0.2) is 0 Å². The van der Waals surface area contributed by atoms with Crippen LogP contribution in [-0.2, 0) is 0 Å². The zero-order valence-electron chi connectivity index (χ0n) is 13.1. The van der Waals surface area contributed by atoms with Gasteiger partial charge in [-0.05, 0) is 36.4 Å². The van der Waals surface area contributed by atoms with Gasteiger partial charge in [0, 0.05) is 15.8 Å². The fourth-order valence-electron chi connectivity index (χ4n) is 2.81. The number of hydrogen-bond donors (Lipinski definition) is 1. The number of primary amides is 1. The Kier molecular flexibility index (Phi) is 4.43. The maximum absolute atomic E-state index is 13.0. The molecule has 0 aliphatic heterocycles. The first-order valence-corrected chi connectivity index (χ1v) is 8.14. The van der Waals surface area contributed by atoms with E-state index in [4.69, 9.17) is 5.73 Å². The lowest BCUT2D eigenvalue weighted by molar-refractivity contribution is -0.0327. The van der Waals surface area contributed by atoms with E-state index >= 15 is 0 Å². The third-order valence-corrected chi connectivity index (χ3v) is 4.48. The summed E-state index contributed by atoms with van der Waals surface area (Å²) in [6, 6.07) is 13.3. The average Bonchev–Trinajstić information content (AvgIpc) is 2.52. The Labute approximate surface area is 146 Å². The number of halogens is 3. The van der Waals surface area contributed by atoms with Crippen molar-refractivity contribution >= 4 is 28.6 Å². The number of thioether (sulfide) groups is 1. The first-order chi connectivity index (χ1) is 11.8. The van der Waals surface area contributed by atoms with Gasteiger partial charge < -0.3 is 5.73 Å². The van der Waals surface area contributed by atoms with Crippen LogP contribution in [0.15, 0.2) is 53.4 Å². The fraction of sp³-hybridized carbons (Fsp3) is 0.111. The van der Waals surface area contributed by atoms with E-state index in [-0.39, 0.29) is 27.6 Å². The van der Waals surface area contributed by atoms with Crippen LogP contribution in [0, 0.1) is 6.92 Å². The Morgan fingerprint density at radius 3 is 2.36 bits per heavy atom. The number of hydrogen-bond acceptors (Lipinski definition) is 3. The molecule has 0 bridgehead atoms. The lowest BCUT2D eigenvalue weighted by Gasteiger charge is -2.17. The average molecular weight is 362 g/mol. The second-order valence-corrected chi connectivity index (χ2v) is 6.48. The van der Waals surface area contributed by atoms with Gasteiger partial charge in [0.2, 0.25) is 0 Å². The molecule has 1 aromatic heterocycles. The highest BCUT2D eigenvalue weighted by molar-refractivity contribution is 8.00. The number of carbonyl (C=O) groups is 1. The van der Waals surface area contributed by atoms with Crippen LogP contribution in [-0.4, -0.2) is 16.4 Å². The Morgan fingerprint density at radius 2 is 1.76 bits per heavy atom. The van der Waals surface area contributed by atoms with Gasteiger partial charge in [0.25, 0.3) is 5.91 Å². The molecule has 1 amide bonds. The van der Waals surface area contributed by atoms with Crippen LogP contribution < -0.4 is 5.73 Å². The molecule has 0 saturated carbocycles. The first kappa shape index (κ1) is 17.3. The van der Waals surface area contributed by atoms with Crippen LogP contribution >= 0.6 is 11.8 Å². The minimum Gasteiger partial charge on any atom is -0.366 e. The molecule has 0 aliphatic carbocycles. The van der Waals surface area contributed by atoms with Crippen molar-refractivity contribution in [1.29, 1.82) is 0 Å². The van der Waals surface area contributed by atoms with Crippen molar-refractivity contribution in [3.05, 3.63) is 59.8 Å². The topological polar surface area (TPSA) is 56.0 Å². The zero-order chi connectivity index (χ0) is 18.2. The Hall–Kier alpha value is -2.54. The molecule has 7 heteroatoms. The molecule has 3 nitrogen and oxygen atoms in total. The molecular weight excluding hydrogens is 349 g/mol. The summed E-state index contributed by atoms with van der Waals surface area (Å²) in [6.45, 7) is 1.62. The summed E-state index contributed by atoms with van der Waals surface area (Å²) >= 11 is -0.227. The van der Waals surface area contributed by atoms with E-state index in [0.717, 1.165) is 0 Å². The highest BCUT2D eigenvalue weighted by atomic mass is 32.2. The van der Waals surface area contributed by atoms with Crippen LogP contribution in [0.1, 0.15) is 16.1 Å². The van der Waals surface area contributed by atoms with Crippen LogP contribution in [0.2, 0.25) is 0 Å². The lowest BCUT2D eigenvalue weighted by atomic mass is 9.94. The number of amides is 1. The third kappa shape index (κ3) is 3.46. The highest BCUT2D eigenvalue weighted by Crippen LogP contribution is 2.44. The number of rotatable bonds is 3. The van der Waals surface area contributed by atoms with Crippen LogP contribution in [0.5, 0.6) is 0 Å². The van der Waals surface area contributed by atoms with Crippen molar-refractivity contribution in [2.24, 2.45) is 5.73 Å². The predicted molar refractivity (Wildman–Crippen MR) is 92.3 cm³/mol. The van der Waals surface area contributed by atoms with Crippen molar-refractivity contribution in [1.82, 2.24) is 4.98 Å². The first-order valence-electron chi connectivity index (χ1n) is 7.32. The standard InChI is InChI=1S/C18H13F3N2OS/c1-10-14(17(22)24)15(11-6-3-2-4-7-11)16-12(23-10)8-5-9-13(16)25-18(19,20)21/h2-9H,1H3,(H2,22,24). The van der Waals surface area contributed by atoms with Crippen molar-refractivity contribution in [3.63, 3.8) is 0 Å². The van der Waals surface area contributed by atoms with Gasteiger partial charge in [-0.2, -0.15) is 13.2 Å². The van der Waals surface area contributed by atoms with Gasteiger partial charge in [-0.1, -0.05) is 36.4 Å². The predicted octanol–water partition coefficient (Wildman–Crippen LogP) is 4.92. The normalized spacial score (nSPS) is 11.7. The Balaban J connectivity index is 2.46. The Morgan fingerprint density at radius 1 is 1.08 bits per heavy atom. The molecule has 0 spiro atoms. The van der Waals surface area contributed by atoms with Crippen molar-refractivity contribution in [2.45, 2.75) is 17.3 Å². The van der Waals surface area contributed by atoms with Crippen LogP contribution in [0.25, 0.3) is 22.0 Å². The summed E-state index contributed by atoms with van der Waals surface area (Å²) < 4.78 is 39.0. The maximum Gasteiger partial charge on any atom is 0.446 e. The molecule has 0 aliphatic rings. The fourth-order valence-corrected chi connectivity index (χ4v) is 3.52. The molecule has 0 unspecified atom stereocenters. The molecule has 128 valence electrons. The van der Waals surface area contributed by atoms with Crippen LogP contribution in [0.3, 0.4) is 0 Å². The van der Waals surface area contributed by atoms with Crippen molar-refractivity contribution in [2.75, 3.05) is 0 Å². The van der Waals surface area contributed by atoms with Gasteiger partial charge in [0.05, 0.1) is 16.8 Å². The smallest absolute Gasteiger partial charge is 0.366 e. The van der Waals surface area contributed by atoms with E-state index in [1.54, 1.807) is 43.3 Å². The second kappa shape index (κ2) is 6.40. The molecule has 3 aromatic rings. The van der Waals surface area contributed by atoms with E-state index in [0.29, 0.717) is 22.3 Å². The minimum atomic E-state index is -4.46. The largest absolute Gasteiger partial charge is 0.446 e. The molecule has 2 aromatic carbocycles. The number of carbonyl (C=O) groups excluding carboxylic acids is 1. The zero-order valence-corrected chi connectivity index (χ0v) is 13.9. The summed E-state index contributed by atoms with van der Waals surface area (Å²) in [7, 11) is 0. The SMILES string of the molecule is Cc1nc2cccc(SC(F)(F)F)c2c(-c2ccccc2)c1C(N)=O. The molecule has 0 atom stereocenters. The molecular formula is C18H13F3N2OS. The maximum atomic E-state index is 13.0. The van der Waals surface area contributed by atoms with Gasteiger partial charge in [-0.3, -0.25) is 9.78 Å². The number of fused-ring (bicyclic) bond motifs is 1. The summed E-state index contributed by atoms with van der Waals surface area (Å²) in [6.07, 6.45) is 0. The van der Waals surface area contributed by atoms with E-state index in [9.17, 15) is 18.0 Å². The quantitative estimate of drug-likeness (QED) is 0.673. The molecule has 3 rings (SSSR count). The number of aromatic nitrogens is 1. The van der Waals surface area contributed by atoms with E-state index in [2.05, 4.69) is 4.98 Å². The third-order valence-electron chi connectivity index (χ3n) is 3.69. The van der Waals surface area contributed by atoms with E-state index in [1.807, 2.05) is 0 Å². The number of pyridine rings is 1. The van der Waals surface area contributed by atoms with Gasteiger partial charge >= 0.3 is 5.51 Å². The van der Waals surface area contributed by atoms with Crippen LogP contribution in [0.4, 0.5) is 13.2 Å². The Bertz CT molecular complexity index is 956. The summed E-state index contributed by atoms with van der Waals surface area (Å²) in [5, 5.41) is 0.274. The molecule has 2 N–H and O–H groups in total. The number of aryl methyl sites for hydroxylation is 1. The molecule has 0 fully saturated rings. The lowest BCUT2D eigenvalue weighted by Crippen LogP contribution is -2.16. The van der Waals surface area contributed by atoms with Gasteiger partial charge in [0.1, 0.15) is 0 Å². The van der Waals surface area contributed by atoms with Gasteiger partial charge in [0.15, 0.2) is 0 Å². The van der Waals surface area contributed by atoms with Gasteiger partial charge in [-0.15, -0.1) is 0 Å². The molecule has 0 saturated heterocycles. The summed E-state index contributed by atoms with van der Waals surface area (Å²) in [5.41, 5.74) is 2.95.